The number of carbonyl (C=O) groups excluding carboxylic acids is 3. The molecular formula is C50H49N7O5. The van der Waals surface area contributed by atoms with Gasteiger partial charge < -0.3 is 14.0 Å². The minimum atomic E-state index is -2.07. The zero-order valence-electron chi connectivity index (χ0n) is 35.4. The number of hydrogen-bond donors (Lipinski definition) is 0. The SMILES string of the molecule is CCCCc1nc2c(n1Cc1ccc(-c3ccccc3-c3nnnn3C(c3ccccc3)(c3ccccc3)c3ccccc3)cc1)C(C(C)=O)(C(=O)OC)N(C(=O)OCC)CC2. The van der Waals surface area contributed by atoms with Gasteiger partial charge in [-0.1, -0.05) is 153 Å². The second-order valence-corrected chi connectivity index (χ2v) is 15.3. The first-order chi connectivity index (χ1) is 30.3. The summed E-state index contributed by atoms with van der Waals surface area (Å²) in [4.78, 5) is 47.5. The molecule has 0 radical (unpaired) electrons. The standard InChI is InChI=1S/C50H49N7O5/c1-5-7-27-44-51-43-32-33-56(48(60)62-6-2)49(35(3)58,47(59)61-4)45(43)55(44)34-36-28-30-37(31-29-36)41-25-17-18-26-42(41)46-52-53-54-57(46)50(38-19-11-8-12-20-38,39-21-13-9-14-22-39)40-23-15-10-16-24-40/h8-26,28-31H,5-7,27,32-34H2,1-4H3. The Morgan fingerprint density at radius 3 is 1.89 bits per heavy atom. The maximum absolute atomic E-state index is 13.9. The van der Waals surface area contributed by atoms with Gasteiger partial charge in [0.2, 0.25) is 5.54 Å². The number of fused-ring (bicyclic) bond motifs is 1. The van der Waals surface area contributed by atoms with Crippen molar-refractivity contribution in [1.29, 1.82) is 0 Å². The van der Waals surface area contributed by atoms with E-state index in [9.17, 15) is 14.4 Å². The molecule has 1 aliphatic heterocycles. The van der Waals surface area contributed by atoms with Crippen molar-refractivity contribution in [2.45, 2.75) is 64.1 Å². The zero-order valence-corrected chi connectivity index (χ0v) is 35.4. The Morgan fingerprint density at radius 1 is 0.758 bits per heavy atom. The van der Waals surface area contributed by atoms with Crippen LogP contribution in [-0.2, 0) is 49.5 Å². The summed E-state index contributed by atoms with van der Waals surface area (Å²) in [5, 5.41) is 13.8. The van der Waals surface area contributed by atoms with Crippen molar-refractivity contribution in [2.24, 2.45) is 0 Å². The van der Waals surface area contributed by atoms with E-state index in [0.717, 1.165) is 57.6 Å². The van der Waals surface area contributed by atoms with Crippen LogP contribution in [0.15, 0.2) is 140 Å². The van der Waals surface area contributed by atoms with E-state index in [-0.39, 0.29) is 19.7 Å². The molecule has 0 spiro atoms. The fourth-order valence-corrected chi connectivity index (χ4v) is 9.01. The molecule has 314 valence electrons. The third-order valence-corrected chi connectivity index (χ3v) is 11.8. The van der Waals surface area contributed by atoms with Gasteiger partial charge in [-0.15, -0.1) is 5.10 Å². The van der Waals surface area contributed by atoms with Gasteiger partial charge in [-0.3, -0.25) is 9.69 Å². The van der Waals surface area contributed by atoms with Crippen LogP contribution in [0.1, 0.15) is 73.1 Å². The molecule has 0 bridgehead atoms. The number of esters is 1. The molecule has 62 heavy (non-hydrogen) atoms. The molecule has 7 aromatic rings. The van der Waals surface area contributed by atoms with Crippen molar-refractivity contribution in [1.82, 2.24) is 34.7 Å². The third kappa shape index (κ3) is 7.04. The fourth-order valence-electron chi connectivity index (χ4n) is 9.01. The number of methoxy groups -OCH3 is 1. The van der Waals surface area contributed by atoms with Crippen molar-refractivity contribution in [3.8, 4) is 22.5 Å². The molecule has 12 heteroatoms. The number of rotatable bonds is 14. The lowest BCUT2D eigenvalue weighted by molar-refractivity contribution is -0.161. The smallest absolute Gasteiger partial charge is 0.411 e. The summed E-state index contributed by atoms with van der Waals surface area (Å²) in [5.41, 5.74) is 4.55. The molecule has 1 amide bonds. The average molecular weight is 828 g/mol. The lowest BCUT2D eigenvalue weighted by atomic mass is 9.77. The molecule has 1 atom stereocenters. The first-order valence-corrected chi connectivity index (χ1v) is 21.1. The molecule has 5 aromatic carbocycles. The molecular weight excluding hydrogens is 779 g/mol. The first kappa shape index (κ1) is 41.5. The summed E-state index contributed by atoms with van der Waals surface area (Å²) in [6.07, 6.45) is 1.97. The summed E-state index contributed by atoms with van der Waals surface area (Å²) in [5.74, 6) is -0.0857. The predicted molar refractivity (Wildman–Crippen MR) is 235 cm³/mol. The summed E-state index contributed by atoms with van der Waals surface area (Å²) in [6, 6.07) is 47.2. The second-order valence-electron chi connectivity index (χ2n) is 15.3. The van der Waals surface area contributed by atoms with Gasteiger partial charge in [0.1, 0.15) is 11.4 Å². The molecule has 1 aliphatic rings. The second kappa shape index (κ2) is 17.8. The number of nitrogens with zero attached hydrogens (tertiary/aromatic N) is 7. The average Bonchev–Trinajstić information content (AvgIpc) is 3.94. The van der Waals surface area contributed by atoms with E-state index in [4.69, 9.17) is 24.8 Å². The van der Waals surface area contributed by atoms with Crippen LogP contribution >= 0.6 is 0 Å². The first-order valence-electron chi connectivity index (χ1n) is 21.1. The number of Topliss-reactive ketones (excluding diaryl/α,β-unsaturated/α-hetero) is 1. The zero-order chi connectivity index (χ0) is 43.3. The Balaban J connectivity index is 1.23. The maximum atomic E-state index is 13.9. The largest absolute Gasteiger partial charge is 0.467 e. The Labute approximate surface area is 361 Å². The van der Waals surface area contributed by atoms with E-state index in [1.54, 1.807) is 6.92 Å². The van der Waals surface area contributed by atoms with Gasteiger partial charge in [0, 0.05) is 31.5 Å². The van der Waals surface area contributed by atoms with Crippen molar-refractivity contribution in [3.05, 3.63) is 179 Å². The quantitative estimate of drug-likeness (QED) is 0.0602. The highest BCUT2D eigenvalue weighted by molar-refractivity contribution is 6.10. The number of unbranched alkanes of at least 4 members (excludes halogenated alkanes) is 1. The molecule has 1 unspecified atom stereocenters. The molecule has 12 nitrogen and oxygen atoms in total. The minimum absolute atomic E-state index is 0.0747. The van der Waals surface area contributed by atoms with Gasteiger partial charge in [-0.25, -0.2) is 19.3 Å². The van der Waals surface area contributed by atoms with Crippen molar-refractivity contribution < 1.29 is 23.9 Å². The predicted octanol–water partition coefficient (Wildman–Crippen LogP) is 8.41. The normalized spacial score (nSPS) is 14.9. The molecule has 8 rings (SSSR count). The lowest BCUT2D eigenvalue weighted by Gasteiger charge is -2.42. The van der Waals surface area contributed by atoms with E-state index in [0.29, 0.717) is 30.1 Å². The number of ketones is 1. The number of imidazole rings is 1. The van der Waals surface area contributed by atoms with Crippen molar-refractivity contribution in [3.63, 3.8) is 0 Å². The monoisotopic (exact) mass is 827 g/mol. The minimum Gasteiger partial charge on any atom is -0.467 e. The Kier molecular flexibility index (Phi) is 11.9. The summed E-state index contributed by atoms with van der Waals surface area (Å²) < 4.78 is 14.6. The molecule has 0 saturated carbocycles. The Bertz CT molecular complexity index is 2580. The number of aromatic nitrogens is 6. The van der Waals surface area contributed by atoms with Crippen molar-refractivity contribution >= 4 is 17.8 Å². The molecule has 0 saturated heterocycles. The van der Waals surface area contributed by atoms with Crippen LogP contribution in [0.2, 0.25) is 0 Å². The molecule has 0 aliphatic carbocycles. The highest BCUT2D eigenvalue weighted by atomic mass is 16.6. The summed E-state index contributed by atoms with van der Waals surface area (Å²) in [6.45, 7) is 5.54. The number of benzene rings is 5. The number of carbonyl (C=O) groups is 3. The van der Waals surface area contributed by atoms with E-state index in [2.05, 4.69) is 66.7 Å². The van der Waals surface area contributed by atoms with Crippen LogP contribution in [0, 0.1) is 0 Å². The van der Waals surface area contributed by atoms with E-state index < -0.39 is 28.9 Å². The topological polar surface area (TPSA) is 134 Å². The van der Waals surface area contributed by atoms with Crippen LogP contribution in [0.4, 0.5) is 4.79 Å². The van der Waals surface area contributed by atoms with E-state index in [1.807, 2.05) is 94.2 Å². The van der Waals surface area contributed by atoms with Crippen LogP contribution < -0.4 is 0 Å². The van der Waals surface area contributed by atoms with Crippen molar-refractivity contribution in [2.75, 3.05) is 20.3 Å². The van der Waals surface area contributed by atoms with E-state index in [1.165, 1.54) is 18.9 Å². The lowest BCUT2D eigenvalue weighted by Crippen LogP contribution is -2.63. The molecule has 2 aromatic heterocycles. The Morgan fingerprint density at radius 2 is 1.34 bits per heavy atom. The summed E-state index contributed by atoms with van der Waals surface area (Å²) in [7, 11) is 1.23. The number of aryl methyl sites for hydroxylation is 1. The van der Waals surface area contributed by atoms with Gasteiger partial charge in [0.25, 0.3) is 0 Å². The van der Waals surface area contributed by atoms with Crippen LogP contribution in [0.5, 0.6) is 0 Å². The van der Waals surface area contributed by atoms with Gasteiger partial charge in [-0.2, -0.15) is 0 Å². The molecule has 0 fully saturated rings. The van der Waals surface area contributed by atoms with Gasteiger partial charge in [0.15, 0.2) is 11.6 Å². The highest BCUT2D eigenvalue weighted by Crippen LogP contribution is 2.44. The fraction of sp³-hybridized carbons (Fsp3) is 0.260. The van der Waals surface area contributed by atoms with Gasteiger partial charge in [-0.05, 0) is 64.1 Å². The summed E-state index contributed by atoms with van der Waals surface area (Å²) >= 11 is 0. The Hall–Kier alpha value is -7.21. The number of ether oxygens (including phenoxy) is 2. The molecule has 3 heterocycles. The van der Waals surface area contributed by atoms with Crippen LogP contribution in [0.25, 0.3) is 22.5 Å². The van der Waals surface area contributed by atoms with Crippen LogP contribution in [-0.4, -0.2) is 72.8 Å². The van der Waals surface area contributed by atoms with E-state index >= 15 is 0 Å². The third-order valence-electron chi connectivity index (χ3n) is 11.8. The molecule has 0 N–H and O–H groups in total. The number of amides is 1. The maximum Gasteiger partial charge on any atom is 0.411 e. The van der Waals surface area contributed by atoms with Crippen LogP contribution in [0.3, 0.4) is 0 Å². The number of hydrogen-bond acceptors (Lipinski definition) is 9. The number of tetrazole rings is 1. The van der Waals surface area contributed by atoms with Gasteiger partial charge >= 0.3 is 12.1 Å². The highest BCUT2D eigenvalue weighted by Gasteiger charge is 2.59. The van der Waals surface area contributed by atoms with Gasteiger partial charge in [0.05, 0.1) is 25.1 Å².